The number of carbonyl (C=O) groups is 2. The van der Waals surface area contributed by atoms with Crippen LogP contribution in [0.1, 0.15) is 24.8 Å². The number of hydrogen-bond acceptors (Lipinski definition) is 3. The summed E-state index contributed by atoms with van der Waals surface area (Å²) in [5, 5.41) is 2.74. The average Bonchev–Trinajstić information content (AvgIpc) is 2.84. The molecule has 1 saturated heterocycles. The molecular formula is C18H21NO3. The predicted molar refractivity (Wildman–Crippen MR) is 84.8 cm³/mol. The van der Waals surface area contributed by atoms with Crippen molar-refractivity contribution in [3.8, 4) is 0 Å². The fraction of sp³-hybridized carbons (Fsp3) is 0.333. The molecule has 2 rings (SSSR count). The van der Waals surface area contributed by atoms with E-state index in [0.29, 0.717) is 19.3 Å². The summed E-state index contributed by atoms with van der Waals surface area (Å²) in [5.41, 5.74) is 0.295. The van der Waals surface area contributed by atoms with Gasteiger partial charge in [0.1, 0.15) is 12.6 Å². The van der Waals surface area contributed by atoms with Crippen molar-refractivity contribution in [2.75, 3.05) is 0 Å². The lowest BCUT2D eigenvalue weighted by molar-refractivity contribution is -0.147. The number of allylic oxidation sites excluding steroid dienone is 2. The Kier molecular flexibility index (Phi) is 5.15. The van der Waals surface area contributed by atoms with Gasteiger partial charge in [-0.25, -0.2) is 4.79 Å². The first kappa shape index (κ1) is 16.0. The number of benzene rings is 1. The second-order valence-corrected chi connectivity index (χ2v) is 5.59. The molecule has 22 heavy (non-hydrogen) atoms. The molecule has 0 unspecified atom stereocenters. The van der Waals surface area contributed by atoms with Gasteiger partial charge in [-0.15, -0.1) is 13.2 Å². The third-order valence-electron chi connectivity index (χ3n) is 3.96. The Balaban J connectivity index is 1.98. The molecule has 1 atom stereocenters. The highest BCUT2D eigenvalue weighted by Crippen LogP contribution is 2.38. The smallest absolute Gasteiger partial charge is 0.329 e. The molecule has 1 aromatic carbocycles. The van der Waals surface area contributed by atoms with Crippen molar-refractivity contribution in [2.45, 2.75) is 31.9 Å². The molecule has 0 spiro atoms. The SMILES string of the molecule is C=CCC1(CC=C)C[C@@H](C(=O)OCc2ccccc2)NC1=O. The van der Waals surface area contributed by atoms with Crippen LogP contribution in [0.4, 0.5) is 0 Å². The van der Waals surface area contributed by atoms with Crippen molar-refractivity contribution in [1.82, 2.24) is 5.32 Å². The van der Waals surface area contributed by atoms with Gasteiger partial charge in [-0.2, -0.15) is 0 Å². The molecule has 0 saturated carbocycles. The highest BCUT2D eigenvalue weighted by Gasteiger charge is 2.47. The fourth-order valence-electron chi connectivity index (χ4n) is 2.81. The molecule has 4 heteroatoms. The molecule has 1 amide bonds. The molecule has 1 N–H and O–H groups in total. The van der Waals surface area contributed by atoms with Crippen molar-refractivity contribution in [3.63, 3.8) is 0 Å². The highest BCUT2D eigenvalue weighted by molar-refractivity contribution is 5.92. The first-order valence-electron chi connectivity index (χ1n) is 7.34. The zero-order valence-corrected chi connectivity index (χ0v) is 12.6. The van der Waals surface area contributed by atoms with Gasteiger partial charge in [0.05, 0.1) is 5.41 Å². The van der Waals surface area contributed by atoms with E-state index in [1.165, 1.54) is 0 Å². The van der Waals surface area contributed by atoms with Gasteiger partial charge in [-0.3, -0.25) is 4.79 Å². The lowest BCUT2D eigenvalue weighted by atomic mass is 9.78. The average molecular weight is 299 g/mol. The molecule has 0 aliphatic carbocycles. The molecule has 0 radical (unpaired) electrons. The van der Waals surface area contributed by atoms with E-state index in [9.17, 15) is 9.59 Å². The molecule has 4 nitrogen and oxygen atoms in total. The van der Waals surface area contributed by atoms with Crippen molar-refractivity contribution in [2.24, 2.45) is 5.41 Å². The Morgan fingerprint density at radius 2 is 1.91 bits per heavy atom. The van der Waals surface area contributed by atoms with Crippen LogP contribution in [0.25, 0.3) is 0 Å². The summed E-state index contributed by atoms with van der Waals surface area (Å²) in [4.78, 5) is 24.4. The zero-order chi connectivity index (χ0) is 16.0. The van der Waals surface area contributed by atoms with Gasteiger partial charge in [0, 0.05) is 0 Å². The minimum absolute atomic E-state index is 0.131. The van der Waals surface area contributed by atoms with Crippen LogP contribution >= 0.6 is 0 Å². The van der Waals surface area contributed by atoms with E-state index in [0.717, 1.165) is 5.56 Å². The van der Waals surface area contributed by atoms with Gasteiger partial charge < -0.3 is 10.1 Å². The van der Waals surface area contributed by atoms with Crippen molar-refractivity contribution in [3.05, 3.63) is 61.2 Å². The van der Waals surface area contributed by atoms with Crippen LogP contribution < -0.4 is 5.32 Å². The standard InChI is InChI=1S/C18H21NO3/c1-3-10-18(11-4-2)12-15(19-17(18)21)16(20)22-13-14-8-6-5-7-9-14/h3-9,15H,1-2,10-13H2,(H,19,21)/t15-/m0/s1. The second kappa shape index (κ2) is 7.07. The maximum absolute atomic E-state index is 12.3. The third-order valence-corrected chi connectivity index (χ3v) is 3.96. The number of rotatable bonds is 7. The summed E-state index contributed by atoms with van der Waals surface area (Å²) in [6, 6.07) is 8.86. The minimum Gasteiger partial charge on any atom is -0.459 e. The van der Waals surface area contributed by atoms with Crippen LogP contribution in [-0.2, 0) is 20.9 Å². The van der Waals surface area contributed by atoms with Gasteiger partial charge >= 0.3 is 5.97 Å². The normalized spacial score (nSPS) is 19.3. The van der Waals surface area contributed by atoms with Crippen molar-refractivity contribution < 1.29 is 14.3 Å². The lowest BCUT2D eigenvalue weighted by Gasteiger charge is -2.22. The molecular weight excluding hydrogens is 278 g/mol. The number of ether oxygens (including phenoxy) is 1. The van der Waals surface area contributed by atoms with Crippen LogP contribution in [0.3, 0.4) is 0 Å². The van der Waals surface area contributed by atoms with Gasteiger partial charge in [0.15, 0.2) is 0 Å². The van der Waals surface area contributed by atoms with Crippen LogP contribution in [0.2, 0.25) is 0 Å². The predicted octanol–water partition coefficient (Wildman–Crippen LogP) is 2.76. The third kappa shape index (κ3) is 3.45. The molecule has 1 heterocycles. The van der Waals surface area contributed by atoms with E-state index >= 15 is 0 Å². The Bertz CT molecular complexity index is 555. The number of carbonyl (C=O) groups excluding carboxylic acids is 2. The molecule has 116 valence electrons. The lowest BCUT2D eigenvalue weighted by Crippen LogP contribution is -2.35. The number of amides is 1. The second-order valence-electron chi connectivity index (χ2n) is 5.59. The van der Waals surface area contributed by atoms with E-state index in [-0.39, 0.29) is 12.5 Å². The van der Waals surface area contributed by atoms with Gasteiger partial charge in [0.2, 0.25) is 5.91 Å². The maximum Gasteiger partial charge on any atom is 0.329 e. The topological polar surface area (TPSA) is 55.4 Å². The van der Waals surface area contributed by atoms with Crippen molar-refractivity contribution >= 4 is 11.9 Å². The maximum atomic E-state index is 12.3. The van der Waals surface area contributed by atoms with E-state index in [4.69, 9.17) is 4.74 Å². The van der Waals surface area contributed by atoms with E-state index in [1.807, 2.05) is 30.3 Å². The number of esters is 1. The molecule has 0 bridgehead atoms. The zero-order valence-electron chi connectivity index (χ0n) is 12.6. The summed E-state index contributed by atoms with van der Waals surface area (Å²) >= 11 is 0. The summed E-state index contributed by atoms with van der Waals surface area (Å²) in [7, 11) is 0. The van der Waals surface area contributed by atoms with E-state index < -0.39 is 17.4 Å². The largest absolute Gasteiger partial charge is 0.459 e. The van der Waals surface area contributed by atoms with E-state index in [1.54, 1.807) is 12.2 Å². The van der Waals surface area contributed by atoms with Gasteiger partial charge in [-0.05, 0) is 24.8 Å². The van der Waals surface area contributed by atoms with Crippen molar-refractivity contribution in [1.29, 1.82) is 0 Å². The Morgan fingerprint density at radius 1 is 1.27 bits per heavy atom. The van der Waals surface area contributed by atoms with E-state index in [2.05, 4.69) is 18.5 Å². The Hall–Kier alpha value is -2.36. The first-order chi connectivity index (χ1) is 10.6. The fourth-order valence-corrected chi connectivity index (χ4v) is 2.81. The molecule has 0 aromatic heterocycles. The number of hydrogen-bond donors (Lipinski definition) is 1. The molecule has 1 fully saturated rings. The summed E-state index contributed by atoms with van der Waals surface area (Å²) in [6.07, 6.45) is 4.87. The first-order valence-corrected chi connectivity index (χ1v) is 7.34. The van der Waals surface area contributed by atoms with Crippen LogP contribution in [0, 0.1) is 5.41 Å². The Labute approximate surface area is 130 Å². The summed E-state index contributed by atoms with van der Waals surface area (Å²) < 4.78 is 5.30. The van der Waals surface area contributed by atoms with Gasteiger partial charge in [-0.1, -0.05) is 42.5 Å². The highest BCUT2D eigenvalue weighted by atomic mass is 16.5. The molecule has 1 aromatic rings. The summed E-state index contributed by atoms with van der Waals surface area (Å²) in [6.45, 7) is 7.61. The van der Waals surface area contributed by atoms with Gasteiger partial charge in [0.25, 0.3) is 0 Å². The molecule has 1 aliphatic rings. The van der Waals surface area contributed by atoms with Crippen LogP contribution in [0.15, 0.2) is 55.6 Å². The number of nitrogens with one attached hydrogen (secondary N) is 1. The monoisotopic (exact) mass is 299 g/mol. The minimum atomic E-state index is -0.625. The quantitative estimate of drug-likeness (QED) is 0.622. The molecule has 1 aliphatic heterocycles. The van der Waals surface area contributed by atoms with Crippen LogP contribution in [0.5, 0.6) is 0 Å². The summed E-state index contributed by atoms with van der Waals surface area (Å²) in [5.74, 6) is -0.527. The van der Waals surface area contributed by atoms with Crippen LogP contribution in [-0.4, -0.2) is 17.9 Å². The Morgan fingerprint density at radius 3 is 2.50 bits per heavy atom.